The van der Waals surface area contributed by atoms with E-state index >= 15 is 0 Å². The fourth-order valence-electron chi connectivity index (χ4n) is 2.37. The van der Waals surface area contributed by atoms with Crippen molar-refractivity contribution in [2.45, 2.75) is 32.8 Å². The Kier molecular flexibility index (Phi) is 7.03. The van der Waals surface area contributed by atoms with Gasteiger partial charge in [-0.05, 0) is 35.7 Å². The van der Waals surface area contributed by atoms with Crippen molar-refractivity contribution in [3.63, 3.8) is 0 Å². The van der Waals surface area contributed by atoms with Gasteiger partial charge in [-0.25, -0.2) is 4.99 Å². The summed E-state index contributed by atoms with van der Waals surface area (Å²) in [5.41, 5.74) is 1.80. The minimum Gasteiger partial charge on any atom is -0.392 e. The minimum atomic E-state index is -4.33. The Morgan fingerprint density at radius 3 is 2.23 bits per heavy atom. The molecule has 0 aliphatic heterocycles. The molecule has 0 spiro atoms. The Labute approximate surface area is 150 Å². The fraction of sp³-hybridized carbons (Fsp3) is 0.316. The van der Waals surface area contributed by atoms with Crippen molar-refractivity contribution < 1.29 is 18.3 Å². The molecule has 3 N–H and O–H groups in total. The minimum absolute atomic E-state index is 0.0446. The summed E-state index contributed by atoms with van der Waals surface area (Å²) in [5, 5.41) is 15.6. The molecule has 2 aromatic rings. The third kappa shape index (κ3) is 5.77. The number of nitrogens with zero attached hydrogens (tertiary/aromatic N) is 1. The van der Waals surface area contributed by atoms with E-state index in [2.05, 4.69) is 15.6 Å². The highest BCUT2D eigenvalue weighted by Gasteiger charge is 2.29. The first-order valence-corrected chi connectivity index (χ1v) is 8.30. The smallest absolute Gasteiger partial charge is 0.392 e. The number of hydrogen-bond donors (Lipinski definition) is 3. The zero-order valence-electron chi connectivity index (χ0n) is 14.5. The molecule has 0 radical (unpaired) electrons. The maximum absolute atomic E-state index is 12.6. The van der Waals surface area contributed by atoms with Crippen LogP contribution in [0.3, 0.4) is 0 Å². The Hall–Kier alpha value is -2.54. The van der Waals surface area contributed by atoms with E-state index in [9.17, 15) is 18.3 Å². The van der Waals surface area contributed by atoms with E-state index < -0.39 is 11.7 Å². The summed E-state index contributed by atoms with van der Waals surface area (Å²) in [6.07, 6.45) is -4.33. The summed E-state index contributed by atoms with van der Waals surface area (Å²) in [7, 11) is 0. The van der Waals surface area contributed by atoms with Gasteiger partial charge in [0.05, 0.1) is 18.7 Å². The number of alkyl halides is 3. The van der Waals surface area contributed by atoms with Crippen LogP contribution in [0.4, 0.5) is 13.2 Å². The Morgan fingerprint density at radius 1 is 1.00 bits per heavy atom. The van der Waals surface area contributed by atoms with Crippen LogP contribution in [0.25, 0.3) is 0 Å². The first-order chi connectivity index (χ1) is 12.4. The van der Waals surface area contributed by atoms with E-state index in [1.54, 1.807) is 0 Å². The maximum Gasteiger partial charge on any atom is 0.416 e. The summed E-state index contributed by atoms with van der Waals surface area (Å²) in [5.74, 6) is 0.556. The molecule has 0 heterocycles. The second-order valence-electron chi connectivity index (χ2n) is 5.67. The largest absolute Gasteiger partial charge is 0.416 e. The molecule has 0 saturated carbocycles. The van der Waals surface area contributed by atoms with Crippen molar-refractivity contribution >= 4 is 5.96 Å². The van der Waals surface area contributed by atoms with Gasteiger partial charge in [0.2, 0.25) is 0 Å². The highest BCUT2D eigenvalue weighted by Crippen LogP contribution is 2.29. The highest BCUT2D eigenvalue weighted by molar-refractivity contribution is 5.79. The van der Waals surface area contributed by atoms with Crippen LogP contribution in [0.1, 0.15) is 29.2 Å². The predicted octanol–water partition coefficient (Wildman–Crippen LogP) is 3.45. The molecule has 0 unspecified atom stereocenters. The van der Waals surface area contributed by atoms with E-state index in [1.165, 1.54) is 12.1 Å². The number of aliphatic hydroxyl groups excluding tert-OH is 1. The predicted molar refractivity (Wildman–Crippen MR) is 95.5 cm³/mol. The number of aliphatic hydroxyl groups is 1. The van der Waals surface area contributed by atoms with Crippen LogP contribution in [0.5, 0.6) is 0 Å². The third-order valence-electron chi connectivity index (χ3n) is 3.78. The average Bonchev–Trinajstić information content (AvgIpc) is 2.64. The molecule has 0 aromatic heterocycles. The van der Waals surface area contributed by atoms with E-state index in [0.29, 0.717) is 24.6 Å². The van der Waals surface area contributed by atoms with Gasteiger partial charge in [0.15, 0.2) is 5.96 Å². The normalized spacial score (nSPS) is 12.1. The van der Waals surface area contributed by atoms with Crippen LogP contribution in [0.15, 0.2) is 53.5 Å². The Balaban J connectivity index is 2.02. The number of guanidine groups is 1. The van der Waals surface area contributed by atoms with E-state index in [-0.39, 0.29) is 13.2 Å². The zero-order chi connectivity index (χ0) is 19.0. The van der Waals surface area contributed by atoms with Gasteiger partial charge in [0.25, 0.3) is 0 Å². The average molecular weight is 365 g/mol. The SMILES string of the molecule is CCNC(=NCc1ccc(C(F)(F)F)cc1)NCc1ccccc1CO. The number of aliphatic imine (C=N–C) groups is 1. The van der Waals surface area contributed by atoms with Gasteiger partial charge in [-0.3, -0.25) is 0 Å². The number of nitrogens with one attached hydrogen (secondary N) is 2. The summed E-state index contributed by atoms with van der Waals surface area (Å²) >= 11 is 0. The van der Waals surface area contributed by atoms with Gasteiger partial charge in [0.1, 0.15) is 0 Å². The molecule has 0 amide bonds. The molecule has 0 fully saturated rings. The molecule has 2 aromatic carbocycles. The highest BCUT2D eigenvalue weighted by atomic mass is 19.4. The van der Waals surface area contributed by atoms with E-state index in [1.807, 2.05) is 31.2 Å². The molecule has 0 aliphatic carbocycles. The molecule has 2 rings (SSSR count). The van der Waals surface area contributed by atoms with Crippen molar-refractivity contribution in [1.29, 1.82) is 0 Å². The maximum atomic E-state index is 12.6. The number of halogens is 3. The van der Waals surface area contributed by atoms with Gasteiger partial charge < -0.3 is 15.7 Å². The first kappa shape index (κ1) is 19.8. The summed E-state index contributed by atoms with van der Waals surface area (Å²) in [4.78, 5) is 4.40. The number of hydrogen-bond acceptors (Lipinski definition) is 2. The molecular formula is C19H22F3N3O. The summed E-state index contributed by atoms with van der Waals surface area (Å²) < 4.78 is 37.8. The van der Waals surface area contributed by atoms with Crippen LogP contribution in [-0.4, -0.2) is 17.6 Å². The first-order valence-electron chi connectivity index (χ1n) is 8.30. The van der Waals surface area contributed by atoms with E-state index in [0.717, 1.165) is 23.3 Å². The van der Waals surface area contributed by atoms with Gasteiger partial charge in [0, 0.05) is 13.1 Å². The van der Waals surface area contributed by atoms with Gasteiger partial charge in [-0.2, -0.15) is 13.2 Å². The Morgan fingerprint density at radius 2 is 1.65 bits per heavy atom. The number of benzene rings is 2. The lowest BCUT2D eigenvalue weighted by Crippen LogP contribution is -2.37. The molecular weight excluding hydrogens is 343 g/mol. The Bertz CT molecular complexity index is 728. The molecule has 7 heteroatoms. The van der Waals surface area contributed by atoms with Crippen molar-refractivity contribution in [2.24, 2.45) is 4.99 Å². The van der Waals surface area contributed by atoms with Crippen molar-refractivity contribution in [1.82, 2.24) is 10.6 Å². The fourth-order valence-corrected chi connectivity index (χ4v) is 2.37. The van der Waals surface area contributed by atoms with Crippen molar-refractivity contribution in [3.8, 4) is 0 Å². The van der Waals surface area contributed by atoms with E-state index in [4.69, 9.17) is 0 Å². The topological polar surface area (TPSA) is 56.7 Å². The molecule has 0 saturated heterocycles. The van der Waals surface area contributed by atoms with Gasteiger partial charge >= 0.3 is 6.18 Å². The zero-order valence-corrected chi connectivity index (χ0v) is 14.5. The van der Waals surface area contributed by atoms with Crippen LogP contribution < -0.4 is 10.6 Å². The third-order valence-corrected chi connectivity index (χ3v) is 3.78. The molecule has 140 valence electrons. The van der Waals surface area contributed by atoms with Crippen LogP contribution in [0, 0.1) is 0 Å². The number of rotatable bonds is 6. The second kappa shape index (κ2) is 9.24. The van der Waals surface area contributed by atoms with Gasteiger partial charge in [-0.15, -0.1) is 0 Å². The van der Waals surface area contributed by atoms with Crippen molar-refractivity contribution in [3.05, 3.63) is 70.8 Å². The quantitative estimate of drug-likeness (QED) is 0.543. The molecule has 26 heavy (non-hydrogen) atoms. The summed E-state index contributed by atoms with van der Waals surface area (Å²) in [6.45, 7) is 3.28. The molecule has 0 bridgehead atoms. The second-order valence-corrected chi connectivity index (χ2v) is 5.67. The van der Waals surface area contributed by atoms with Crippen LogP contribution in [-0.2, 0) is 25.9 Å². The van der Waals surface area contributed by atoms with Crippen molar-refractivity contribution in [2.75, 3.05) is 6.54 Å². The summed E-state index contributed by atoms with van der Waals surface area (Å²) in [6, 6.07) is 12.5. The van der Waals surface area contributed by atoms with Crippen LogP contribution >= 0.6 is 0 Å². The monoisotopic (exact) mass is 365 g/mol. The molecule has 0 aliphatic rings. The lowest BCUT2D eigenvalue weighted by atomic mass is 10.1. The van der Waals surface area contributed by atoms with Gasteiger partial charge in [-0.1, -0.05) is 36.4 Å². The standard InChI is InChI=1S/C19H22F3N3O/c1-2-23-18(25-12-15-5-3-4-6-16(15)13-26)24-11-14-7-9-17(10-8-14)19(20,21)22/h3-10,26H,2,11-13H2,1H3,(H2,23,24,25). The molecule has 0 atom stereocenters. The van der Waals surface area contributed by atoms with Crippen LogP contribution in [0.2, 0.25) is 0 Å². The lowest BCUT2D eigenvalue weighted by molar-refractivity contribution is -0.137. The lowest BCUT2D eigenvalue weighted by Gasteiger charge is -2.13. The molecule has 4 nitrogen and oxygen atoms in total.